The molecule has 0 saturated carbocycles. The largest absolute Gasteiger partial charge is 0.469 e. The number of piperazine rings is 1. The molecule has 11 heteroatoms. The van der Waals surface area contributed by atoms with E-state index in [2.05, 4.69) is 30.2 Å². The van der Waals surface area contributed by atoms with E-state index < -0.39 is 12.0 Å². The van der Waals surface area contributed by atoms with E-state index in [0.29, 0.717) is 29.4 Å². The summed E-state index contributed by atoms with van der Waals surface area (Å²) in [6, 6.07) is 6.82. The number of esters is 1. The van der Waals surface area contributed by atoms with Crippen molar-refractivity contribution < 1.29 is 19.1 Å². The van der Waals surface area contributed by atoms with Gasteiger partial charge in [0.05, 0.1) is 19.3 Å². The Balaban J connectivity index is 1.47. The highest BCUT2D eigenvalue weighted by molar-refractivity contribution is 7.99. The number of aromatic nitrogens is 4. The second-order valence-corrected chi connectivity index (χ2v) is 7.37. The number of nitrogens with zero attached hydrogens (tertiary/aromatic N) is 4. The van der Waals surface area contributed by atoms with E-state index >= 15 is 0 Å². The van der Waals surface area contributed by atoms with Crippen LogP contribution in [0.5, 0.6) is 0 Å². The summed E-state index contributed by atoms with van der Waals surface area (Å²) >= 11 is 1.13. The van der Waals surface area contributed by atoms with Gasteiger partial charge < -0.3 is 19.9 Å². The molecule has 4 rings (SSSR count). The van der Waals surface area contributed by atoms with Crippen molar-refractivity contribution in [3.05, 3.63) is 24.3 Å². The number of aromatic amines is 1. The van der Waals surface area contributed by atoms with E-state index in [-0.39, 0.29) is 24.0 Å². The third kappa shape index (κ3) is 3.86. The first kappa shape index (κ1) is 19.1. The number of carbonyl (C=O) groups is 3. The van der Waals surface area contributed by atoms with Gasteiger partial charge in [-0.2, -0.15) is 0 Å². The number of thioether (sulfide) groups is 1. The summed E-state index contributed by atoms with van der Waals surface area (Å²) in [7, 11) is 1.25. The van der Waals surface area contributed by atoms with Crippen molar-refractivity contribution in [1.82, 2.24) is 30.4 Å². The molecule has 1 unspecified atom stereocenters. The molecule has 150 valence electrons. The van der Waals surface area contributed by atoms with Gasteiger partial charge in [0.15, 0.2) is 5.65 Å². The summed E-state index contributed by atoms with van der Waals surface area (Å²) in [6.45, 7) is 0.666. The number of benzene rings is 1. The molecule has 1 fully saturated rings. The summed E-state index contributed by atoms with van der Waals surface area (Å²) in [5.41, 5.74) is 2.17. The molecule has 0 spiro atoms. The average molecular weight is 414 g/mol. The van der Waals surface area contributed by atoms with E-state index in [9.17, 15) is 14.4 Å². The van der Waals surface area contributed by atoms with Crippen LogP contribution in [0.3, 0.4) is 0 Å². The van der Waals surface area contributed by atoms with Crippen LogP contribution in [0.1, 0.15) is 6.42 Å². The fraction of sp³-hybridized carbons (Fsp3) is 0.333. The summed E-state index contributed by atoms with van der Waals surface area (Å²) in [6.07, 6.45) is -0.183. The molecule has 0 radical (unpaired) electrons. The second-order valence-electron chi connectivity index (χ2n) is 6.43. The van der Waals surface area contributed by atoms with E-state index in [1.54, 1.807) is 0 Å². The van der Waals surface area contributed by atoms with Crippen LogP contribution in [0.15, 0.2) is 29.4 Å². The van der Waals surface area contributed by atoms with Crippen molar-refractivity contribution in [2.45, 2.75) is 17.6 Å². The highest BCUT2D eigenvalue weighted by Crippen LogP contribution is 2.23. The highest BCUT2D eigenvalue weighted by atomic mass is 32.2. The average Bonchev–Trinajstić information content (AvgIpc) is 3.11. The van der Waals surface area contributed by atoms with Crippen LogP contribution in [0, 0.1) is 0 Å². The Morgan fingerprint density at radius 1 is 1.31 bits per heavy atom. The summed E-state index contributed by atoms with van der Waals surface area (Å²) in [4.78, 5) is 45.4. The predicted octanol–water partition coefficient (Wildman–Crippen LogP) is 0.488. The van der Waals surface area contributed by atoms with Crippen molar-refractivity contribution >= 4 is 51.6 Å². The molecule has 2 N–H and O–H groups in total. The van der Waals surface area contributed by atoms with Crippen LogP contribution in [0.4, 0.5) is 0 Å². The molecule has 29 heavy (non-hydrogen) atoms. The van der Waals surface area contributed by atoms with Crippen molar-refractivity contribution in [2.75, 3.05) is 26.0 Å². The first-order chi connectivity index (χ1) is 14.1. The van der Waals surface area contributed by atoms with Gasteiger partial charge in [-0.3, -0.25) is 14.4 Å². The predicted molar refractivity (Wildman–Crippen MR) is 105 cm³/mol. The second kappa shape index (κ2) is 8.03. The maximum atomic E-state index is 12.7. The molecule has 10 nitrogen and oxygen atoms in total. The van der Waals surface area contributed by atoms with Crippen LogP contribution >= 0.6 is 11.8 Å². The fourth-order valence-corrected chi connectivity index (χ4v) is 3.91. The molecular formula is C18H18N6O4S. The topological polar surface area (TPSA) is 130 Å². The third-order valence-corrected chi connectivity index (χ3v) is 5.49. The lowest BCUT2D eigenvalue weighted by atomic mass is 10.1. The molecule has 2 amide bonds. The minimum Gasteiger partial charge on any atom is -0.469 e. The maximum absolute atomic E-state index is 12.7. The Morgan fingerprint density at radius 3 is 2.97 bits per heavy atom. The van der Waals surface area contributed by atoms with Crippen LogP contribution < -0.4 is 5.32 Å². The molecule has 1 aliphatic heterocycles. The molecule has 1 aliphatic rings. The monoisotopic (exact) mass is 414 g/mol. The van der Waals surface area contributed by atoms with Gasteiger partial charge in [0.2, 0.25) is 17.0 Å². The number of hydrogen-bond donors (Lipinski definition) is 2. The van der Waals surface area contributed by atoms with Crippen molar-refractivity contribution in [3.63, 3.8) is 0 Å². The smallest absolute Gasteiger partial charge is 0.308 e. The maximum Gasteiger partial charge on any atom is 0.308 e. The molecule has 0 aliphatic carbocycles. The van der Waals surface area contributed by atoms with Crippen LogP contribution in [-0.2, 0) is 19.1 Å². The lowest BCUT2D eigenvalue weighted by Crippen LogP contribution is -2.58. The number of fused-ring (bicyclic) bond motifs is 3. The molecule has 1 aromatic carbocycles. The zero-order chi connectivity index (χ0) is 20.4. The Kier molecular flexibility index (Phi) is 5.30. The summed E-state index contributed by atoms with van der Waals surface area (Å²) in [5, 5.41) is 12.3. The Morgan fingerprint density at radius 2 is 2.14 bits per heavy atom. The van der Waals surface area contributed by atoms with Crippen LogP contribution in [0.2, 0.25) is 0 Å². The molecule has 0 bridgehead atoms. The first-order valence-electron chi connectivity index (χ1n) is 8.94. The van der Waals surface area contributed by atoms with Crippen LogP contribution in [-0.4, -0.2) is 74.8 Å². The molecular weight excluding hydrogens is 396 g/mol. The Hall–Kier alpha value is -3.21. The minimum atomic E-state index is -0.875. The number of amides is 2. The normalized spacial score (nSPS) is 16.8. The number of rotatable bonds is 5. The molecule has 2 aromatic heterocycles. The highest BCUT2D eigenvalue weighted by Gasteiger charge is 2.34. The van der Waals surface area contributed by atoms with Gasteiger partial charge in [0, 0.05) is 24.0 Å². The van der Waals surface area contributed by atoms with Crippen molar-refractivity contribution in [3.8, 4) is 0 Å². The number of hydrogen-bond acceptors (Lipinski definition) is 8. The van der Waals surface area contributed by atoms with E-state index in [0.717, 1.165) is 22.7 Å². The zero-order valence-corrected chi connectivity index (χ0v) is 16.4. The van der Waals surface area contributed by atoms with Crippen LogP contribution in [0.25, 0.3) is 22.1 Å². The van der Waals surface area contributed by atoms with Gasteiger partial charge in [-0.25, -0.2) is 4.98 Å². The van der Waals surface area contributed by atoms with Gasteiger partial charge in [-0.1, -0.05) is 30.0 Å². The lowest BCUT2D eigenvalue weighted by molar-refractivity contribution is -0.149. The number of nitrogens with one attached hydrogen (secondary N) is 2. The standard InChI is InChI=1S/C18H18N6O4S/c1-28-14(26)8-12-17(27)19-6-7-24(12)13(25)9-29-18-21-16-15(22-23-18)10-4-2-3-5-11(10)20-16/h2-5,12H,6-9H2,1H3,(H,19,27)(H,20,21,23). The zero-order valence-electron chi connectivity index (χ0n) is 15.5. The number of para-hydroxylation sites is 1. The van der Waals surface area contributed by atoms with E-state index in [1.807, 2.05) is 24.3 Å². The molecule has 3 aromatic rings. The minimum absolute atomic E-state index is 0.0262. The molecule has 1 atom stereocenters. The van der Waals surface area contributed by atoms with E-state index in [4.69, 9.17) is 0 Å². The molecule has 1 saturated heterocycles. The van der Waals surface area contributed by atoms with Gasteiger partial charge in [-0.05, 0) is 6.07 Å². The van der Waals surface area contributed by atoms with Gasteiger partial charge in [0.1, 0.15) is 11.6 Å². The summed E-state index contributed by atoms with van der Waals surface area (Å²) in [5.74, 6) is -1.16. The Bertz CT molecular complexity index is 1100. The lowest BCUT2D eigenvalue weighted by Gasteiger charge is -2.34. The first-order valence-corrected chi connectivity index (χ1v) is 9.93. The SMILES string of the molecule is COC(=O)CC1C(=O)NCCN1C(=O)CSc1nnc2c(n1)[nH]c1ccccc12. The number of ether oxygens (including phenoxy) is 1. The fourth-order valence-electron chi connectivity index (χ4n) is 3.23. The Labute approximate surface area is 169 Å². The van der Waals surface area contributed by atoms with E-state index in [1.165, 1.54) is 12.0 Å². The molecule has 3 heterocycles. The van der Waals surface area contributed by atoms with Gasteiger partial charge in [0.25, 0.3) is 0 Å². The van der Waals surface area contributed by atoms with Gasteiger partial charge >= 0.3 is 5.97 Å². The number of H-pyrrole nitrogens is 1. The van der Waals surface area contributed by atoms with Gasteiger partial charge in [-0.15, -0.1) is 10.2 Å². The quantitative estimate of drug-likeness (QED) is 0.456. The number of carbonyl (C=O) groups excluding carboxylic acids is 3. The van der Waals surface area contributed by atoms with Crippen molar-refractivity contribution in [1.29, 1.82) is 0 Å². The summed E-state index contributed by atoms with van der Waals surface area (Å²) < 4.78 is 4.63. The number of methoxy groups -OCH3 is 1. The third-order valence-electron chi connectivity index (χ3n) is 4.67. The van der Waals surface area contributed by atoms with Crippen molar-refractivity contribution in [2.24, 2.45) is 0 Å².